The van der Waals surface area contributed by atoms with Crippen LogP contribution in [0.2, 0.25) is 5.02 Å². The summed E-state index contributed by atoms with van der Waals surface area (Å²) in [6.45, 7) is 4.93. The Hall–Kier alpha value is -1.06. The van der Waals surface area contributed by atoms with Gasteiger partial charge in [0.05, 0.1) is 10.7 Å². The third kappa shape index (κ3) is 6.28. The molecule has 1 heterocycles. The van der Waals surface area contributed by atoms with Crippen LogP contribution in [0.25, 0.3) is 0 Å². The van der Waals surface area contributed by atoms with Gasteiger partial charge in [0, 0.05) is 38.8 Å². The highest BCUT2D eigenvalue weighted by Crippen LogP contribution is 2.46. The topological polar surface area (TPSA) is 51.1 Å². The largest absolute Gasteiger partial charge is 0.436 e. The number of hydrogen-bond acceptors (Lipinski definition) is 3. The van der Waals surface area contributed by atoms with E-state index in [9.17, 15) is 13.2 Å². The summed E-state index contributed by atoms with van der Waals surface area (Å²) in [5.41, 5.74) is -0.476. The lowest BCUT2D eigenvalue weighted by Crippen LogP contribution is -2.36. The molecule has 0 bridgehead atoms. The van der Waals surface area contributed by atoms with Crippen molar-refractivity contribution in [3.63, 3.8) is 0 Å². The summed E-state index contributed by atoms with van der Waals surface area (Å²) in [6, 6.07) is 0. The molecule has 26 heavy (non-hydrogen) atoms. The second kappa shape index (κ2) is 9.75. The molecule has 148 valence electrons. The second-order valence-corrected chi connectivity index (χ2v) is 6.92. The van der Waals surface area contributed by atoms with E-state index in [1.165, 1.54) is 4.68 Å². The van der Waals surface area contributed by atoms with Crippen LogP contribution >= 0.6 is 23.8 Å². The van der Waals surface area contributed by atoms with Crippen LogP contribution in [-0.2, 0) is 17.5 Å². The molecular weight excluding hydrogens is 389 g/mol. The van der Waals surface area contributed by atoms with Gasteiger partial charge in [0.2, 0.25) is 0 Å². The van der Waals surface area contributed by atoms with E-state index in [2.05, 4.69) is 15.7 Å². The van der Waals surface area contributed by atoms with Crippen LogP contribution in [0, 0.1) is 0 Å². The SMILES string of the molecule is CCOCCCNC(=S)NCCCn1nc(C(F)(F)F)c(Cl)c1C1CC1. The van der Waals surface area contributed by atoms with Crippen molar-refractivity contribution in [1.29, 1.82) is 0 Å². The molecule has 5 nitrogen and oxygen atoms in total. The van der Waals surface area contributed by atoms with E-state index in [1.807, 2.05) is 6.92 Å². The molecule has 1 fully saturated rings. The van der Waals surface area contributed by atoms with E-state index < -0.39 is 11.9 Å². The molecule has 10 heteroatoms. The van der Waals surface area contributed by atoms with Crippen molar-refractivity contribution in [3.05, 3.63) is 16.4 Å². The van der Waals surface area contributed by atoms with Gasteiger partial charge in [-0.05, 0) is 44.8 Å². The third-order valence-electron chi connectivity index (χ3n) is 3.95. The lowest BCUT2D eigenvalue weighted by Gasteiger charge is -2.11. The lowest BCUT2D eigenvalue weighted by molar-refractivity contribution is -0.141. The molecule has 0 spiro atoms. The summed E-state index contributed by atoms with van der Waals surface area (Å²) in [6.07, 6.45) is -1.37. The van der Waals surface area contributed by atoms with Crippen molar-refractivity contribution in [1.82, 2.24) is 20.4 Å². The van der Waals surface area contributed by atoms with Gasteiger partial charge in [-0.2, -0.15) is 18.3 Å². The minimum atomic E-state index is -4.53. The molecule has 0 radical (unpaired) electrons. The van der Waals surface area contributed by atoms with Gasteiger partial charge in [-0.25, -0.2) is 0 Å². The van der Waals surface area contributed by atoms with E-state index >= 15 is 0 Å². The van der Waals surface area contributed by atoms with Crippen molar-refractivity contribution in [2.24, 2.45) is 0 Å². The molecule has 2 rings (SSSR count). The van der Waals surface area contributed by atoms with Gasteiger partial charge in [0.15, 0.2) is 10.8 Å². The molecule has 0 atom stereocenters. The average Bonchev–Trinajstić information content (AvgIpc) is 3.34. The fourth-order valence-electron chi connectivity index (χ4n) is 2.57. The number of nitrogens with zero attached hydrogens (tertiary/aromatic N) is 2. The van der Waals surface area contributed by atoms with Crippen LogP contribution in [0.5, 0.6) is 0 Å². The van der Waals surface area contributed by atoms with Crippen molar-refractivity contribution in [3.8, 4) is 0 Å². The Balaban J connectivity index is 1.76. The summed E-state index contributed by atoms with van der Waals surface area (Å²) >= 11 is 11.1. The Morgan fingerprint density at radius 1 is 1.31 bits per heavy atom. The average molecular weight is 413 g/mol. The molecule has 0 unspecified atom stereocenters. The highest BCUT2D eigenvalue weighted by molar-refractivity contribution is 7.80. The highest BCUT2D eigenvalue weighted by Gasteiger charge is 2.41. The van der Waals surface area contributed by atoms with Gasteiger partial charge in [0.25, 0.3) is 0 Å². The van der Waals surface area contributed by atoms with E-state index in [-0.39, 0.29) is 10.9 Å². The zero-order valence-corrected chi connectivity index (χ0v) is 16.2. The zero-order valence-electron chi connectivity index (χ0n) is 14.7. The van der Waals surface area contributed by atoms with Crippen molar-refractivity contribution in [2.75, 3.05) is 26.3 Å². The Morgan fingerprint density at radius 2 is 1.96 bits per heavy atom. The Kier molecular flexibility index (Phi) is 7.97. The summed E-state index contributed by atoms with van der Waals surface area (Å²) in [5.74, 6) is 0.0899. The number of nitrogens with one attached hydrogen (secondary N) is 2. The number of hydrogen-bond donors (Lipinski definition) is 2. The summed E-state index contributed by atoms with van der Waals surface area (Å²) in [7, 11) is 0. The molecular formula is C16H24ClF3N4OS. The van der Waals surface area contributed by atoms with E-state index in [1.54, 1.807) is 0 Å². The molecule has 0 saturated heterocycles. The number of thiocarbonyl (C=S) groups is 1. The van der Waals surface area contributed by atoms with Gasteiger partial charge in [0.1, 0.15) is 0 Å². The predicted octanol–water partition coefficient (Wildman–Crippen LogP) is 3.71. The van der Waals surface area contributed by atoms with E-state index in [0.717, 1.165) is 19.3 Å². The lowest BCUT2D eigenvalue weighted by atomic mass is 10.2. The smallest absolute Gasteiger partial charge is 0.382 e. The van der Waals surface area contributed by atoms with Crippen LogP contribution in [0.1, 0.15) is 49.9 Å². The van der Waals surface area contributed by atoms with Crippen LogP contribution in [0.3, 0.4) is 0 Å². The minimum Gasteiger partial charge on any atom is -0.382 e. The minimum absolute atomic E-state index is 0.0899. The maximum absolute atomic E-state index is 13.0. The molecule has 0 amide bonds. The first kappa shape index (κ1) is 21.2. The van der Waals surface area contributed by atoms with Crippen LogP contribution < -0.4 is 10.6 Å². The Bertz CT molecular complexity index is 605. The van der Waals surface area contributed by atoms with Gasteiger partial charge < -0.3 is 15.4 Å². The number of rotatable bonds is 10. The first-order chi connectivity index (χ1) is 12.3. The van der Waals surface area contributed by atoms with Crippen molar-refractivity contribution < 1.29 is 17.9 Å². The van der Waals surface area contributed by atoms with Gasteiger partial charge in [-0.15, -0.1) is 0 Å². The quantitative estimate of drug-likeness (QED) is 0.453. The molecule has 0 aromatic carbocycles. The Morgan fingerprint density at radius 3 is 2.54 bits per heavy atom. The number of aryl methyl sites for hydroxylation is 1. The number of alkyl halides is 3. The van der Waals surface area contributed by atoms with Crippen molar-refractivity contribution >= 4 is 28.9 Å². The molecule has 1 aromatic rings. The maximum Gasteiger partial charge on any atom is 0.436 e. The van der Waals surface area contributed by atoms with Crippen LogP contribution in [0.4, 0.5) is 13.2 Å². The zero-order chi connectivity index (χ0) is 19.2. The normalized spacial score (nSPS) is 14.5. The third-order valence-corrected chi connectivity index (χ3v) is 4.61. The van der Waals surface area contributed by atoms with Crippen LogP contribution in [-0.4, -0.2) is 41.2 Å². The fourth-order valence-corrected chi connectivity index (χ4v) is 3.17. The van der Waals surface area contributed by atoms with Gasteiger partial charge in [-0.1, -0.05) is 11.6 Å². The first-order valence-corrected chi connectivity index (χ1v) is 9.56. The van der Waals surface area contributed by atoms with Gasteiger partial charge >= 0.3 is 6.18 Å². The summed E-state index contributed by atoms with van der Waals surface area (Å²) < 4.78 is 45.7. The van der Waals surface area contributed by atoms with Crippen LogP contribution in [0.15, 0.2) is 0 Å². The predicted molar refractivity (Wildman–Crippen MR) is 98.5 cm³/mol. The Labute approximate surface area is 161 Å². The molecule has 0 aliphatic heterocycles. The number of halogens is 4. The molecule has 1 aliphatic rings. The fraction of sp³-hybridized carbons (Fsp3) is 0.750. The summed E-state index contributed by atoms with van der Waals surface area (Å²) in [5, 5.41) is 10.1. The number of ether oxygens (including phenoxy) is 1. The first-order valence-electron chi connectivity index (χ1n) is 8.77. The standard InChI is InChI=1S/C16H24ClF3N4OS/c1-2-25-10-4-8-22-15(26)21-7-3-9-24-13(11-5-6-11)12(17)14(23-24)16(18,19)20/h11H,2-10H2,1H3,(H2,21,22,26). The molecule has 2 N–H and O–H groups in total. The van der Waals surface area contributed by atoms with Gasteiger partial charge in [-0.3, -0.25) is 4.68 Å². The van der Waals surface area contributed by atoms with Crippen molar-refractivity contribution in [2.45, 2.75) is 51.2 Å². The molecule has 1 saturated carbocycles. The summed E-state index contributed by atoms with van der Waals surface area (Å²) in [4.78, 5) is 0. The molecule has 1 aromatic heterocycles. The second-order valence-electron chi connectivity index (χ2n) is 6.13. The number of aromatic nitrogens is 2. The highest BCUT2D eigenvalue weighted by atomic mass is 35.5. The van der Waals surface area contributed by atoms with E-state index in [4.69, 9.17) is 28.6 Å². The monoisotopic (exact) mass is 412 g/mol. The van der Waals surface area contributed by atoms with E-state index in [0.29, 0.717) is 50.1 Å². The molecule has 1 aliphatic carbocycles. The maximum atomic E-state index is 13.0.